The highest BCUT2D eigenvalue weighted by atomic mass is 19.4. The molecule has 28 heavy (non-hydrogen) atoms. The molecule has 0 aliphatic heterocycles. The molecule has 2 heterocycles. The standard InChI is InChI=1S/C20H14F3N3O2/c1-10-2-3-12-16(6-10)25-9-13(18(12)27)19(28)26-17-8-15-11(4-5-24-15)7-14(17)20(21,22)23/h2-9,24H,1H3,(H,25,27)(H,26,28). The molecule has 2 aromatic carbocycles. The fourth-order valence-electron chi connectivity index (χ4n) is 3.13. The number of hydrogen-bond donors (Lipinski definition) is 3. The molecule has 4 aromatic rings. The summed E-state index contributed by atoms with van der Waals surface area (Å²) in [4.78, 5) is 30.9. The van der Waals surface area contributed by atoms with Gasteiger partial charge < -0.3 is 15.3 Å². The molecule has 3 N–H and O–H groups in total. The first-order valence-corrected chi connectivity index (χ1v) is 8.36. The van der Waals surface area contributed by atoms with Crippen molar-refractivity contribution in [1.29, 1.82) is 0 Å². The zero-order valence-corrected chi connectivity index (χ0v) is 14.6. The van der Waals surface area contributed by atoms with Gasteiger partial charge in [-0.05, 0) is 42.8 Å². The lowest BCUT2D eigenvalue weighted by Crippen LogP contribution is -2.23. The number of fused-ring (bicyclic) bond motifs is 2. The Balaban J connectivity index is 1.78. The van der Waals surface area contributed by atoms with Crippen LogP contribution in [0.5, 0.6) is 0 Å². The fourth-order valence-corrected chi connectivity index (χ4v) is 3.13. The normalized spacial score (nSPS) is 11.9. The molecule has 0 bridgehead atoms. The molecule has 2 aromatic heterocycles. The average molecular weight is 385 g/mol. The molecule has 0 radical (unpaired) electrons. The maximum Gasteiger partial charge on any atom is 0.418 e. The number of H-pyrrole nitrogens is 2. The number of aromatic nitrogens is 2. The highest BCUT2D eigenvalue weighted by Gasteiger charge is 2.34. The molecule has 5 nitrogen and oxygen atoms in total. The second kappa shape index (κ2) is 6.26. The number of amides is 1. The maximum atomic E-state index is 13.4. The van der Waals surface area contributed by atoms with Gasteiger partial charge in [-0.3, -0.25) is 9.59 Å². The molecule has 0 saturated carbocycles. The van der Waals surface area contributed by atoms with E-state index in [0.29, 0.717) is 16.4 Å². The van der Waals surface area contributed by atoms with Crippen molar-refractivity contribution in [2.45, 2.75) is 13.1 Å². The number of benzene rings is 2. The van der Waals surface area contributed by atoms with E-state index < -0.39 is 28.8 Å². The zero-order chi connectivity index (χ0) is 20.1. The van der Waals surface area contributed by atoms with Gasteiger partial charge in [0.1, 0.15) is 5.56 Å². The van der Waals surface area contributed by atoms with Crippen molar-refractivity contribution < 1.29 is 18.0 Å². The summed E-state index contributed by atoms with van der Waals surface area (Å²) < 4.78 is 40.3. The Morgan fingerprint density at radius 1 is 1.04 bits per heavy atom. The van der Waals surface area contributed by atoms with E-state index in [9.17, 15) is 22.8 Å². The van der Waals surface area contributed by atoms with Crippen LogP contribution in [0.1, 0.15) is 21.5 Å². The Kier molecular flexibility index (Phi) is 3.99. The Morgan fingerprint density at radius 2 is 1.82 bits per heavy atom. The molecule has 8 heteroatoms. The molecule has 142 valence electrons. The second-order valence-corrected chi connectivity index (χ2v) is 6.50. The Labute approximate surface area is 156 Å². The lowest BCUT2D eigenvalue weighted by atomic mass is 10.1. The first-order chi connectivity index (χ1) is 13.2. The predicted octanol–water partition coefficient (Wildman–Crippen LogP) is 4.59. The van der Waals surface area contributed by atoms with E-state index in [1.54, 1.807) is 18.2 Å². The van der Waals surface area contributed by atoms with Gasteiger partial charge in [0.15, 0.2) is 0 Å². The van der Waals surface area contributed by atoms with Gasteiger partial charge in [0.25, 0.3) is 5.91 Å². The number of carbonyl (C=O) groups excluding carboxylic acids is 1. The molecular weight excluding hydrogens is 371 g/mol. The summed E-state index contributed by atoms with van der Waals surface area (Å²) in [5.41, 5.74) is -0.320. The highest BCUT2D eigenvalue weighted by Crippen LogP contribution is 2.37. The van der Waals surface area contributed by atoms with Crippen molar-refractivity contribution in [1.82, 2.24) is 9.97 Å². The van der Waals surface area contributed by atoms with E-state index in [-0.39, 0.29) is 10.9 Å². The molecule has 1 amide bonds. The topological polar surface area (TPSA) is 77.8 Å². The predicted molar refractivity (Wildman–Crippen MR) is 101 cm³/mol. The summed E-state index contributed by atoms with van der Waals surface area (Å²) in [6, 6.07) is 8.71. The first kappa shape index (κ1) is 17.8. The maximum absolute atomic E-state index is 13.4. The molecule has 0 spiro atoms. The molecular formula is C20H14F3N3O2. The van der Waals surface area contributed by atoms with E-state index in [0.717, 1.165) is 11.6 Å². The van der Waals surface area contributed by atoms with Crippen molar-refractivity contribution in [3.8, 4) is 0 Å². The van der Waals surface area contributed by atoms with Crippen molar-refractivity contribution >= 4 is 33.4 Å². The number of anilines is 1. The highest BCUT2D eigenvalue weighted by molar-refractivity contribution is 6.07. The van der Waals surface area contributed by atoms with E-state index in [1.807, 2.05) is 6.92 Å². The summed E-state index contributed by atoms with van der Waals surface area (Å²) in [5.74, 6) is -0.917. The lowest BCUT2D eigenvalue weighted by Gasteiger charge is -2.14. The van der Waals surface area contributed by atoms with Crippen molar-refractivity contribution in [2.75, 3.05) is 5.32 Å². The number of carbonyl (C=O) groups is 1. The molecule has 0 atom stereocenters. The summed E-state index contributed by atoms with van der Waals surface area (Å²) in [6.07, 6.45) is -1.95. The average Bonchev–Trinajstić information content (AvgIpc) is 3.07. The largest absolute Gasteiger partial charge is 0.418 e. The number of aryl methyl sites for hydroxylation is 1. The SMILES string of the molecule is Cc1ccc2c(=O)c(C(=O)Nc3cc4[nH]ccc4cc3C(F)(F)F)c[nH]c2c1. The van der Waals surface area contributed by atoms with E-state index in [4.69, 9.17) is 0 Å². The van der Waals surface area contributed by atoms with Crippen LogP contribution in [-0.2, 0) is 6.18 Å². The minimum Gasteiger partial charge on any atom is -0.361 e. The third kappa shape index (κ3) is 3.02. The Hall–Kier alpha value is -3.55. The molecule has 0 saturated heterocycles. The van der Waals surface area contributed by atoms with Crippen LogP contribution >= 0.6 is 0 Å². The van der Waals surface area contributed by atoms with Crippen LogP contribution < -0.4 is 10.7 Å². The number of alkyl halides is 3. The van der Waals surface area contributed by atoms with Crippen molar-refractivity contribution in [3.05, 3.63) is 75.7 Å². The third-order valence-corrected chi connectivity index (χ3v) is 4.53. The van der Waals surface area contributed by atoms with Crippen LogP contribution in [0.15, 0.2) is 53.6 Å². The molecule has 0 aliphatic carbocycles. The van der Waals surface area contributed by atoms with E-state index >= 15 is 0 Å². The van der Waals surface area contributed by atoms with Gasteiger partial charge in [-0.25, -0.2) is 0 Å². The van der Waals surface area contributed by atoms with Crippen LogP contribution in [0.2, 0.25) is 0 Å². The molecule has 0 fully saturated rings. The quantitative estimate of drug-likeness (QED) is 0.472. The van der Waals surface area contributed by atoms with Gasteiger partial charge in [-0.15, -0.1) is 0 Å². The number of halogens is 3. The number of hydrogen-bond acceptors (Lipinski definition) is 2. The van der Waals surface area contributed by atoms with Gasteiger partial charge in [-0.1, -0.05) is 6.07 Å². The monoisotopic (exact) mass is 385 g/mol. The summed E-state index contributed by atoms with van der Waals surface area (Å²) in [5, 5.41) is 2.88. The van der Waals surface area contributed by atoms with Crippen LogP contribution in [0.3, 0.4) is 0 Å². The summed E-state index contributed by atoms with van der Waals surface area (Å²) >= 11 is 0. The van der Waals surface area contributed by atoms with Gasteiger partial charge in [0.05, 0.1) is 11.3 Å². The first-order valence-electron chi connectivity index (χ1n) is 8.36. The molecule has 0 aliphatic rings. The number of rotatable bonds is 2. The summed E-state index contributed by atoms with van der Waals surface area (Å²) in [7, 11) is 0. The minimum atomic E-state index is -4.67. The minimum absolute atomic E-state index is 0.268. The van der Waals surface area contributed by atoms with Gasteiger partial charge in [0.2, 0.25) is 5.43 Å². The van der Waals surface area contributed by atoms with Gasteiger partial charge >= 0.3 is 6.18 Å². The third-order valence-electron chi connectivity index (χ3n) is 4.53. The second-order valence-electron chi connectivity index (χ2n) is 6.50. The van der Waals surface area contributed by atoms with Crippen LogP contribution in [0.25, 0.3) is 21.8 Å². The van der Waals surface area contributed by atoms with Crippen LogP contribution in [0.4, 0.5) is 18.9 Å². The van der Waals surface area contributed by atoms with Crippen molar-refractivity contribution in [2.24, 2.45) is 0 Å². The van der Waals surface area contributed by atoms with Crippen LogP contribution in [0, 0.1) is 6.92 Å². The van der Waals surface area contributed by atoms with Gasteiger partial charge in [0, 0.05) is 34.2 Å². The van der Waals surface area contributed by atoms with Crippen LogP contribution in [-0.4, -0.2) is 15.9 Å². The number of aromatic amines is 2. The summed E-state index contributed by atoms with van der Waals surface area (Å²) in [6.45, 7) is 1.85. The van der Waals surface area contributed by atoms with E-state index in [2.05, 4.69) is 15.3 Å². The fraction of sp³-hybridized carbons (Fsp3) is 0.100. The molecule has 4 rings (SSSR count). The molecule has 0 unspecified atom stereocenters. The van der Waals surface area contributed by atoms with Crippen molar-refractivity contribution in [3.63, 3.8) is 0 Å². The smallest absolute Gasteiger partial charge is 0.361 e. The zero-order valence-electron chi connectivity index (χ0n) is 14.6. The number of pyridine rings is 1. The number of nitrogens with one attached hydrogen (secondary N) is 3. The Morgan fingerprint density at radius 3 is 2.57 bits per heavy atom. The Bertz CT molecular complexity index is 1290. The lowest BCUT2D eigenvalue weighted by molar-refractivity contribution is -0.136. The van der Waals surface area contributed by atoms with E-state index in [1.165, 1.54) is 24.5 Å². The van der Waals surface area contributed by atoms with Gasteiger partial charge in [-0.2, -0.15) is 13.2 Å².